The third-order valence-electron chi connectivity index (χ3n) is 4.24. The van der Waals surface area contributed by atoms with Gasteiger partial charge in [0.1, 0.15) is 17.2 Å². The van der Waals surface area contributed by atoms with Gasteiger partial charge in [-0.1, -0.05) is 0 Å². The van der Waals surface area contributed by atoms with E-state index in [2.05, 4.69) is 15.3 Å². The van der Waals surface area contributed by atoms with Gasteiger partial charge in [-0.05, 0) is 6.92 Å². The summed E-state index contributed by atoms with van der Waals surface area (Å²) in [7, 11) is 3.40. The van der Waals surface area contributed by atoms with Gasteiger partial charge in [0.05, 0.1) is 19.0 Å². The second-order valence-electron chi connectivity index (χ2n) is 6.03. The van der Waals surface area contributed by atoms with E-state index in [0.29, 0.717) is 43.5 Å². The average Bonchev–Trinajstić information content (AvgIpc) is 3.21. The molecule has 25 heavy (non-hydrogen) atoms. The van der Waals surface area contributed by atoms with Crippen molar-refractivity contribution in [3.05, 3.63) is 35.9 Å². The molecule has 2 aromatic heterocycles. The fourth-order valence-corrected chi connectivity index (χ4v) is 2.91. The quantitative estimate of drug-likeness (QED) is 0.781. The molecule has 1 N–H and O–H groups in total. The molecule has 0 aromatic carbocycles. The fraction of sp³-hybridized carbons (Fsp3) is 0.500. The summed E-state index contributed by atoms with van der Waals surface area (Å²) in [5.74, 6) is 0.328. The molecular weight excluding hydrogens is 324 g/mol. The summed E-state index contributed by atoms with van der Waals surface area (Å²) in [5, 5.41) is 2.75. The molecule has 0 aliphatic carbocycles. The van der Waals surface area contributed by atoms with Crippen molar-refractivity contribution in [1.82, 2.24) is 29.3 Å². The zero-order valence-corrected chi connectivity index (χ0v) is 14.6. The van der Waals surface area contributed by atoms with Gasteiger partial charge in [-0.2, -0.15) is 0 Å². The number of hydrogen-bond donors (Lipinski definition) is 1. The Kier molecular flexibility index (Phi) is 4.84. The number of amides is 2. The van der Waals surface area contributed by atoms with E-state index in [1.807, 2.05) is 18.5 Å². The molecule has 0 unspecified atom stereocenters. The first-order valence-electron chi connectivity index (χ1n) is 8.14. The topological polar surface area (TPSA) is 94.3 Å². The number of carbonyl (C=O) groups excluding carboxylic acids is 2. The van der Waals surface area contributed by atoms with Crippen molar-refractivity contribution in [2.45, 2.75) is 19.5 Å². The van der Waals surface area contributed by atoms with Crippen LogP contribution in [0.1, 0.15) is 39.8 Å². The number of aromatic nitrogens is 4. The highest BCUT2D eigenvalue weighted by atomic mass is 16.5. The number of ether oxygens (including phenoxy) is 1. The van der Waals surface area contributed by atoms with E-state index in [1.165, 1.54) is 0 Å². The van der Waals surface area contributed by atoms with Gasteiger partial charge in [-0.3, -0.25) is 9.59 Å². The zero-order valence-electron chi connectivity index (χ0n) is 14.6. The molecule has 1 aliphatic heterocycles. The van der Waals surface area contributed by atoms with Gasteiger partial charge < -0.3 is 24.1 Å². The number of methoxy groups -OCH3 is 1. The second kappa shape index (κ2) is 7.06. The Morgan fingerprint density at radius 3 is 2.80 bits per heavy atom. The van der Waals surface area contributed by atoms with Crippen molar-refractivity contribution >= 4 is 11.8 Å². The first-order valence-corrected chi connectivity index (χ1v) is 8.14. The molecule has 2 amide bonds. The van der Waals surface area contributed by atoms with Crippen LogP contribution in [0, 0.1) is 0 Å². The largest absolute Gasteiger partial charge is 0.383 e. The van der Waals surface area contributed by atoms with Crippen LogP contribution in [0.25, 0.3) is 0 Å². The van der Waals surface area contributed by atoms with Gasteiger partial charge in [0.2, 0.25) is 0 Å². The summed E-state index contributed by atoms with van der Waals surface area (Å²) in [6, 6.07) is -0.233. The number of aryl methyl sites for hydroxylation is 1. The number of nitrogens with one attached hydrogen (secondary N) is 1. The van der Waals surface area contributed by atoms with E-state index >= 15 is 0 Å². The van der Waals surface area contributed by atoms with E-state index in [1.54, 1.807) is 35.3 Å². The summed E-state index contributed by atoms with van der Waals surface area (Å²) in [5.41, 5.74) is 0.761. The minimum absolute atomic E-state index is 0.131. The van der Waals surface area contributed by atoms with E-state index in [0.717, 1.165) is 0 Å². The molecule has 0 fully saturated rings. The molecule has 3 heterocycles. The highest BCUT2D eigenvalue weighted by Crippen LogP contribution is 2.26. The lowest BCUT2D eigenvalue weighted by Gasteiger charge is -2.33. The number of rotatable bonds is 5. The number of carbonyl (C=O) groups is 2. The van der Waals surface area contributed by atoms with Gasteiger partial charge in [0.15, 0.2) is 0 Å². The molecule has 0 radical (unpaired) electrons. The molecule has 1 aliphatic rings. The van der Waals surface area contributed by atoms with Gasteiger partial charge in [0.25, 0.3) is 11.8 Å². The predicted octanol–water partition coefficient (Wildman–Crippen LogP) is 0.210. The summed E-state index contributed by atoms with van der Waals surface area (Å²) in [6.07, 6.45) is 5.03. The van der Waals surface area contributed by atoms with Crippen molar-refractivity contribution in [2.75, 3.05) is 26.8 Å². The van der Waals surface area contributed by atoms with Gasteiger partial charge >= 0.3 is 0 Å². The molecule has 2 aromatic rings. The van der Waals surface area contributed by atoms with Gasteiger partial charge in [-0.15, -0.1) is 0 Å². The molecule has 0 saturated carbocycles. The SMILES string of the molecule is COCCNC(=O)c1cn2c(n1)[C@H](C)N(C(=O)c1cn(C)cn1)CC2. The third kappa shape index (κ3) is 3.41. The van der Waals surface area contributed by atoms with Crippen molar-refractivity contribution in [3.8, 4) is 0 Å². The summed E-state index contributed by atoms with van der Waals surface area (Å²) >= 11 is 0. The van der Waals surface area contributed by atoms with Gasteiger partial charge in [-0.25, -0.2) is 9.97 Å². The molecule has 9 heteroatoms. The normalized spacial score (nSPS) is 16.6. The summed E-state index contributed by atoms with van der Waals surface area (Å²) in [6.45, 7) is 3.92. The number of fused-ring (bicyclic) bond motifs is 1. The molecule has 1 atom stereocenters. The van der Waals surface area contributed by atoms with E-state index < -0.39 is 0 Å². The van der Waals surface area contributed by atoms with Crippen LogP contribution in [-0.2, 0) is 18.3 Å². The lowest BCUT2D eigenvalue weighted by molar-refractivity contribution is 0.0632. The Labute approximate surface area is 145 Å². The Hall–Kier alpha value is -2.68. The monoisotopic (exact) mass is 346 g/mol. The minimum Gasteiger partial charge on any atom is -0.383 e. The average molecular weight is 346 g/mol. The summed E-state index contributed by atoms with van der Waals surface area (Å²) < 4.78 is 8.59. The number of imidazole rings is 2. The van der Waals surface area contributed by atoms with Crippen LogP contribution in [0.5, 0.6) is 0 Å². The van der Waals surface area contributed by atoms with E-state index in [9.17, 15) is 9.59 Å². The van der Waals surface area contributed by atoms with E-state index in [4.69, 9.17) is 4.74 Å². The van der Waals surface area contributed by atoms with Crippen LogP contribution in [0.2, 0.25) is 0 Å². The second-order valence-corrected chi connectivity index (χ2v) is 6.03. The zero-order chi connectivity index (χ0) is 18.0. The Balaban J connectivity index is 1.75. The highest BCUT2D eigenvalue weighted by molar-refractivity contribution is 5.93. The van der Waals surface area contributed by atoms with E-state index in [-0.39, 0.29) is 17.9 Å². The summed E-state index contributed by atoms with van der Waals surface area (Å²) in [4.78, 5) is 35.1. The maximum Gasteiger partial charge on any atom is 0.274 e. The van der Waals surface area contributed by atoms with Crippen LogP contribution in [0.3, 0.4) is 0 Å². The van der Waals surface area contributed by atoms with Gasteiger partial charge in [0, 0.05) is 46.2 Å². The standard InChI is InChI=1S/C16H22N6O3/c1-11-14-19-12(15(23)17-4-7-25-3)9-21(14)5-6-22(11)16(24)13-8-20(2)10-18-13/h8-11H,4-7H2,1-3H3,(H,17,23)/t11-/m0/s1. The molecule has 3 rings (SSSR count). The van der Waals surface area contributed by atoms with Crippen LogP contribution in [0.4, 0.5) is 0 Å². The third-order valence-corrected chi connectivity index (χ3v) is 4.24. The first kappa shape index (κ1) is 17.2. The minimum atomic E-state index is -0.242. The molecule has 0 bridgehead atoms. The van der Waals surface area contributed by atoms with Crippen molar-refractivity contribution in [1.29, 1.82) is 0 Å². The van der Waals surface area contributed by atoms with Crippen LogP contribution < -0.4 is 5.32 Å². The number of hydrogen-bond acceptors (Lipinski definition) is 5. The number of nitrogens with zero attached hydrogens (tertiary/aromatic N) is 5. The molecule has 134 valence electrons. The predicted molar refractivity (Wildman–Crippen MR) is 89.1 cm³/mol. The van der Waals surface area contributed by atoms with Crippen LogP contribution >= 0.6 is 0 Å². The first-order chi connectivity index (χ1) is 12.0. The lowest BCUT2D eigenvalue weighted by atomic mass is 10.2. The maximum absolute atomic E-state index is 12.7. The lowest BCUT2D eigenvalue weighted by Crippen LogP contribution is -2.41. The van der Waals surface area contributed by atoms with Crippen LogP contribution in [-0.4, -0.2) is 62.6 Å². The Morgan fingerprint density at radius 2 is 2.12 bits per heavy atom. The highest BCUT2D eigenvalue weighted by Gasteiger charge is 2.31. The molecule has 0 spiro atoms. The van der Waals surface area contributed by atoms with Crippen molar-refractivity contribution in [3.63, 3.8) is 0 Å². The molecular formula is C16H22N6O3. The maximum atomic E-state index is 12.7. The Bertz CT molecular complexity index is 781. The fourth-order valence-electron chi connectivity index (χ4n) is 2.91. The van der Waals surface area contributed by atoms with Crippen molar-refractivity contribution in [2.24, 2.45) is 7.05 Å². The molecule has 9 nitrogen and oxygen atoms in total. The van der Waals surface area contributed by atoms with Crippen molar-refractivity contribution < 1.29 is 14.3 Å². The Morgan fingerprint density at radius 1 is 1.32 bits per heavy atom. The van der Waals surface area contributed by atoms with Crippen LogP contribution in [0.15, 0.2) is 18.7 Å². The molecule has 0 saturated heterocycles. The smallest absolute Gasteiger partial charge is 0.274 e.